The average molecular weight is 276 g/mol. The number of benzene rings is 1. The van der Waals surface area contributed by atoms with Gasteiger partial charge in [-0.2, -0.15) is 5.26 Å². The summed E-state index contributed by atoms with van der Waals surface area (Å²) < 4.78 is 5.11. The zero-order valence-electron chi connectivity index (χ0n) is 11.3. The number of carboxylic acids is 1. The monoisotopic (exact) mass is 276 g/mol. The SMILES string of the molecule is CC(C)(CC(=O)Nc1cccc(OCC#N)c1)C(=O)O. The van der Waals surface area contributed by atoms with Crippen LogP contribution < -0.4 is 10.1 Å². The van der Waals surface area contributed by atoms with Gasteiger partial charge in [-0.05, 0) is 26.0 Å². The predicted molar refractivity (Wildman–Crippen MR) is 72.2 cm³/mol. The molecular formula is C14H16N2O4. The van der Waals surface area contributed by atoms with E-state index in [9.17, 15) is 9.59 Å². The largest absolute Gasteiger partial charge is 0.481 e. The van der Waals surface area contributed by atoms with E-state index in [1.807, 2.05) is 6.07 Å². The summed E-state index contributed by atoms with van der Waals surface area (Å²) >= 11 is 0. The molecule has 106 valence electrons. The maximum Gasteiger partial charge on any atom is 0.309 e. The zero-order chi connectivity index (χ0) is 15.2. The lowest BCUT2D eigenvalue weighted by Gasteiger charge is -2.18. The fourth-order valence-corrected chi connectivity index (χ4v) is 1.46. The normalized spacial score (nSPS) is 10.4. The Labute approximate surface area is 117 Å². The van der Waals surface area contributed by atoms with E-state index in [1.54, 1.807) is 24.3 Å². The summed E-state index contributed by atoms with van der Waals surface area (Å²) in [5.74, 6) is -0.963. The van der Waals surface area contributed by atoms with Crippen LogP contribution in [0.2, 0.25) is 0 Å². The first kappa shape index (κ1) is 15.5. The minimum Gasteiger partial charge on any atom is -0.481 e. The number of aliphatic carboxylic acids is 1. The molecule has 0 aliphatic carbocycles. The Hall–Kier alpha value is -2.55. The lowest BCUT2D eigenvalue weighted by molar-refractivity contribution is -0.148. The van der Waals surface area contributed by atoms with Gasteiger partial charge in [0, 0.05) is 18.2 Å². The molecule has 1 rings (SSSR count). The standard InChI is InChI=1S/C14H16N2O4/c1-14(2,13(18)19)9-12(17)16-10-4-3-5-11(8-10)20-7-6-15/h3-5,8H,7,9H2,1-2H3,(H,16,17)(H,18,19). The smallest absolute Gasteiger partial charge is 0.309 e. The van der Waals surface area contributed by atoms with Gasteiger partial charge >= 0.3 is 5.97 Å². The molecule has 0 radical (unpaired) electrons. The van der Waals surface area contributed by atoms with Crippen molar-refractivity contribution in [1.29, 1.82) is 5.26 Å². The molecule has 0 fully saturated rings. The molecule has 6 nitrogen and oxygen atoms in total. The number of amides is 1. The highest BCUT2D eigenvalue weighted by molar-refractivity contribution is 5.94. The van der Waals surface area contributed by atoms with E-state index >= 15 is 0 Å². The van der Waals surface area contributed by atoms with Crippen LogP contribution in [0, 0.1) is 16.7 Å². The molecule has 0 aromatic heterocycles. The number of nitriles is 1. The molecular weight excluding hydrogens is 260 g/mol. The zero-order valence-corrected chi connectivity index (χ0v) is 11.3. The first-order valence-corrected chi connectivity index (χ1v) is 5.98. The quantitative estimate of drug-likeness (QED) is 0.828. The lowest BCUT2D eigenvalue weighted by Crippen LogP contribution is -2.29. The van der Waals surface area contributed by atoms with Gasteiger partial charge in [-0.15, -0.1) is 0 Å². The van der Waals surface area contributed by atoms with Crippen LogP contribution >= 0.6 is 0 Å². The molecule has 1 aromatic carbocycles. The summed E-state index contributed by atoms with van der Waals surface area (Å²) in [7, 11) is 0. The van der Waals surface area contributed by atoms with Crippen LogP contribution in [0.15, 0.2) is 24.3 Å². The maximum absolute atomic E-state index is 11.8. The molecule has 0 spiro atoms. The van der Waals surface area contributed by atoms with Gasteiger partial charge in [0.25, 0.3) is 0 Å². The van der Waals surface area contributed by atoms with E-state index in [4.69, 9.17) is 15.1 Å². The maximum atomic E-state index is 11.8. The van der Waals surface area contributed by atoms with E-state index in [2.05, 4.69) is 5.32 Å². The number of rotatable bonds is 6. The molecule has 0 saturated heterocycles. The van der Waals surface area contributed by atoms with Crippen molar-refractivity contribution in [2.45, 2.75) is 20.3 Å². The number of nitrogens with one attached hydrogen (secondary N) is 1. The Bertz CT molecular complexity index is 546. The average Bonchev–Trinajstić information content (AvgIpc) is 2.35. The molecule has 0 unspecified atom stereocenters. The topological polar surface area (TPSA) is 99.4 Å². The van der Waals surface area contributed by atoms with Crippen LogP contribution in [0.4, 0.5) is 5.69 Å². The molecule has 1 aromatic rings. The predicted octanol–water partition coefficient (Wildman–Crippen LogP) is 2.03. The second-order valence-electron chi connectivity index (χ2n) is 4.89. The van der Waals surface area contributed by atoms with Gasteiger partial charge in [-0.25, -0.2) is 0 Å². The van der Waals surface area contributed by atoms with Crippen LogP contribution in [0.25, 0.3) is 0 Å². The van der Waals surface area contributed by atoms with Crippen molar-refractivity contribution in [1.82, 2.24) is 0 Å². The van der Waals surface area contributed by atoms with Crippen molar-refractivity contribution in [3.8, 4) is 11.8 Å². The summed E-state index contributed by atoms with van der Waals surface area (Å²) in [6.07, 6.45) is -0.133. The molecule has 0 aliphatic rings. The van der Waals surface area contributed by atoms with Crippen molar-refractivity contribution in [2.75, 3.05) is 11.9 Å². The molecule has 0 atom stereocenters. The Morgan fingerprint density at radius 3 is 2.75 bits per heavy atom. The van der Waals surface area contributed by atoms with Gasteiger partial charge in [0.15, 0.2) is 6.61 Å². The van der Waals surface area contributed by atoms with Crippen LogP contribution in [0.1, 0.15) is 20.3 Å². The van der Waals surface area contributed by atoms with Crippen LogP contribution in [0.3, 0.4) is 0 Å². The van der Waals surface area contributed by atoms with Crippen molar-refractivity contribution in [3.63, 3.8) is 0 Å². The summed E-state index contributed by atoms with van der Waals surface area (Å²) in [6, 6.07) is 8.41. The van der Waals surface area contributed by atoms with E-state index < -0.39 is 17.3 Å². The fraction of sp³-hybridized carbons (Fsp3) is 0.357. The fourth-order valence-electron chi connectivity index (χ4n) is 1.46. The third kappa shape index (κ3) is 4.61. The van der Waals surface area contributed by atoms with Crippen molar-refractivity contribution in [2.24, 2.45) is 5.41 Å². The minimum atomic E-state index is -1.13. The van der Waals surface area contributed by atoms with Gasteiger partial charge in [-0.3, -0.25) is 9.59 Å². The highest BCUT2D eigenvalue weighted by Crippen LogP contribution is 2.22. The number of carbonyl (C=O) groups is 2. The lowest BCUT2D eigenvalue weighted by atomic mass is 9.89. The van der Waals surface area contributed by atoms with Crippen molar-refractivity contribution < 1.29 is 19.4 Å². The Kier molecular flexibility index (Phi) is 5.09. The summed E-state index contributed by atoms with van der Waals surface area (Å²) in [5, 5.41) is 20.0. The van der Waals surface area contributed by atoms with E-state index in [0.717, 1.165) is 0 Å². The molecule has 1 amide bonds. The van der Waals surface area contributed by atoms with E-state index in [-0.39, 0.29) is 13.0 Å². The number of hydrogen-bond donors (Lipinski definition) is 2. The minimum absolute atomic E-state index is 0.0799. The van der Waals surface area contributed by atoms with Gasteiger partial charge in [0.05, 0.1) is 5.41 Å². The molecule has 20 heavy (non-hydrogen) atoms. The molecule has 0 bridgehead atoms. The molecule has 0 aliphatic heterocycles. The summed E-state index contributed by atoms with van der Waals surface area (Å²) in [6.45, 7) is 2.90. The van der Waals surface area contributed by atoms with E-state index in [1.165, 1.54) is 13.8 Å². The Morgan fingerprint density at radius 2 is 2.15 bits per heavy atom. The van der Waals surface area contributed by atoms with Crippen molar-refractivity contribution >= 4 is 17.6 Å². The number of carboxylic acid groups (broad SMARTS) is 1. The van der Waals surface area contributed by atoms with Crippen molar-refractivity contribution in [3.05, 3.63) is 24.3 Å². The second-order valence-corrected chi connectivity index (χ2v) is 4.89. The number of hydrogen-bond acceptors (Lipinski definition) is 4. The molecule has 6 heteroatoms. The third-order valence-electron chi connectivity index (χ3n) is 2.60. The van der Waals surface area contributed by atoms with E-state index in [0.29, 0.717) is 11.4 Å². The number of anilines is 1. The molecule has 0 heterocycles. The first-order chi connectivity index (χ1) is 9.35. The first-order valence-electron chi connectivity index (χ1n) is 5.98. The van der Waals surface area contributed by atoms with Crippen LogP contribution in [-0.2, 0) is 9.59 Å². The van der Waals surface area contributed by atoms with Crippen LogP contribution in [-0.4, -0.2) is 23.6 Å². The Balaban J connectivity index is 2.67. The number of carbonyl (C=O) groups excluding carboxylic acids is 1. The summed E-state index contributed by atoms with van der Waals surface area (Å²) in [5.41, 5.74) is -0.634. The van der Waals surface area contributed by atoms with Gasteiger partial charge in [-0.1, -0.05) is 6.07 Å². The number of ether oxygens (including phenoxy) is 1. The number of nitrogens with zero attached hydrogens (tertiary/aromatic N) is 1. The van der Waals surface area contributed by atoms with Crippen LogP contribution in [0.5, 0.6) is 5.75 Å². The molecule has 0 saturated carbocycles. The third-order valence-corrected chi connectivity index (χ3v) is 2.60. The second kappa shape index (κ2) is 6.57. The highest BCUT2D eigenvalue weighted by Gasteiger charge is 2.30. The van der Waals surface area contributed by atoms with Gasteiger partial charge in [0.1, 0.15) is 11.8 Å². The molecule has 2 N–H and O–H groups in total. The Morgan fingerprint density at radius 1 is 1.45 bits per heavy atom. The van der Waals surface area contributed by atoms with Gasteiger partial charge < -0.3 is 15.2 Å². The summed E-state index contributed by atoms with van der Waals surface area (Å²) in [4.78, 5) is 22.7. The van der Waals surface area contributed by atoms with Gasteiger partial charge in [0.2, 0.25) is 5.91 Å². The highest BCUT2D eigenvalue weighted by atomic mass is 16.5.